The zero-order chi connectivity index (χ0) is 42.3. The lowest BCUT2D eigenvalue weighted by Gasteiger charge is -2.52. The molecule has 4 aliphatic rings. The minimum atomic E-state index is -0.328. The van der Waals surface area contributed by atoms with Crippen LogP contribution in [0.25, 0.3) is 98.7 Å². The highest BCUT2D eigenvalue weighted by molar-refractivity contribution is 6.24. The second-order valence-corrected chi connectivity index (χ2v) is 19.3. The van der Waals surface area contributed by atoms with Crippen LogP contribution in [0.2, 0.25) is 0 Å². The van der Waals surface area contributed by atoms with Crippen molar-refractivity contribution in [2.45, 2.75) is 37.5 Å². The van der Waals surface area contributed by atoms with Gasteiger partial charge in [-0.2, -0.15) is 0 Å². The molecule has 5 unspecified atom stereocenters. The lowest BCUT2D eigenvalue weighted by Crippen LogP contribution is -2.49. The van der Waals surface area contributed by atoms with Crippen molar-refractivity contribution < 1.29 is 8.78 Å². The van der Waals surface area contributed by atoms with E-state index < -0.39 is 0 Å². The highest BCUT2D eigenvalue weighted by atomic mass is 19.1. The highest BCUT2D eigenvalue weighted by Gasteiger charge is 2.63. The molecule has 4 aliphatic carbocycles. The highest BCUT2D eigenvalue weighted by Crippen LogP contribution is 2.71. The largest absolute Gasteiger partial charge is 0.207 e. The molecule has 306 valence electrons. The van der Waals surface area contributed by atoms with Gasteiger partial charge in [0, 0.05) is 5.41 Å². The second-order valence-electron chi connectivity index (χ2n) is 19.3. The Balaban J connectivity index is 0.947. The summed E-state index contributed by atoms with van der Waals surface area (Å²) in [6, 6.07) is 64.3. The van der Waals surface area contributed by atoms with E-state index in [0.717, 1.165) is 63.3 Å². The van der Waals surface area contributed by atoms with Crippen LogP contribution in [0.4, 0.5) is 8.78 Å². The van der Waals surface area contributed by atoms with Gasteiger partial charge in [0.15, 0.2) is 0 Å². The van der Waals surface area contributed by atoms with Crippen LogP contribution < -0.4 is 0 Å². The summed E-state index contributed by atoms with van der Waals surface area (Å²) >= 11 is 0. The molecule has 0 heterocycles. The van der Waals surface area contributed by atoms with E-state index in [4.69, 9.17) is 0 Å². The summed E-state index contributed by atoms with van der Waals surface area (Å²) in [4.78, 5) is 0. The molecule has 0 aromatic heterocycles. The van der Waals surface area contributed by atoms with Gasteiger partial charge < -0.3 is 0 Å². The molecule has 5 atom stereocenters. The average Bonchev–Trinajstić information content (AvgIpc) is 3.73. The van der Waals surface area contributed by atoms with Gasteiger partial charge >= 0.3 is 0 Å². The molecule has 10 aromatic rings. The summed E-state index contributed by atoms with van der Waals surface area (Å²) in [5.41, 5.74) is 13.1. The lowest BCUT2D eigenvalue weighted by atomic mass is 9.50. The van der Waals surface area contributed by atoms with Gasteiger partial charge in [-0.3, -0.25) is 0 Å². The van der Waals surface area contributed by atoms with E-state index in [0.29, 0.717) is 17.8 Å². The quantitative estimate of drug-likeness (QED) is 0.155. The molecular weight excluding hydrogens is 783 g/mol. The van der Waals surface area contributed by atoms with Crippen LogP contribution in [-0.2, 0) is 5.41 Å². The molecule has 3 saturated carbocycles. The van der Waals surface area contributed by atoms with Crippen molar-refractivity contribution in [3.05, 3.63) is 205 Å². The first kappa shape index (κ1) is 36.6. The van der Waals surface area contributed by atoms with Crippen LogP contribution in [0.1, 0.15) is 43.2 Å². The Morgan fingerprint density at radius 2 is 1.00 bits per heavy atom. The summed E-state index contributed by atoms with van der Waals surface area (Å²) in [5.74, 6) is 1.81. The zero-order valence-corrected chi connectivity index (χ0v) is 35.4. The van der Waals surface area contributed by atoms with E-state index >= 15 is 8.78 Å². The van der Waals surface area contributed by atoms with Gasteiger partial charge in [0.1, 0.15) is 11.6 Å². The van der Waals surface area contributed by atoms with Crippen molar-refractivity contribution in [1.29, 1.82) is 0 Å². The number of rotatable bonds is 4. The minimum Gasteiger partial charge on any atom is -0.207 e. The van der Waals surface area contributed by atoms with Crippen LogP contribution in [0.15, 0.2) is 182 Å². The van der Waals surface area contributed by atoms with Gasteiger partial charge in [-0.1, -0.05) is 146 Å². The second kappa shape index (κ2) is 13.6. The molecule has 0 N–H and O–H groups in total. The number of hydrogen-bond donors (Lipinski definition) is 0. The normalized spacial score (nSPS) is 21.7. The zero-order valence-electron chi connectivity index (χ0n) is 35.4. The molecule has 64 heavy (non-hydrogen) atoms. The van der Waals surface area contributed by atoms with Gasteiger partial charge in [-0.15, -0.1) is 0 Å². The lowest BCUT2D eigenvalue weighted by molar-refractivity contribution is 0.0764. The first-order valence-electron chi connectivity index (χ1n) is 23.2. The number of benzene rings is 10. The van der Waals surface area contributed by atoms with Crippen LogP contribution >= 0.6 is 0 Å². The fraction of sp³-hybridized carbons (Fsp3) is 0.161. The van der Waals surface area contributed by atoms with E-state index in [-0.39, 0.29) is 17.0 Å². The fourth-order valence-electron chi connectivity index (χ4n) is 14.2. The summed E-state index contributed by atoms with van der Waals surface area (Å²) in [6.07, 6.45) is 5.97. The molecule has 3 bridgehead atoms. The Hall–Kier alpha value is -6.90. The van der Waals surface area contributed by atoms with Crippen molar-refractivity contribution in [2.24, 2.45) is 23.7 Å². The molecule has 1 spiro atoms. The van der Waals surface area contributed by atoms with Crippen molar-refractivity contribution >= 4 is 43.1 Å². The number of halogens is 2. The molecule has 3 fully saturated rings. The third kappa shape index (κ3) is 5.03. The Morgan fingerprint density at radius 3 is 1.77 bits per heavy atom. The van der Waals surface area contributed by atoms with Gasteiger partial charge in [0.25, 0.3) is 0 Å². The molecular formula is C62H44F2. The molecule has 14 rings (SSSR count). The van der Waals surface area contributed by atoms with Crippen LogP contribution in [0, 0.1) is 35.3 Å². The molecule has 0 aliphatic heterocycles. The maximum atomic E-state index is 16.4. The minimum absolute atomic E-state index is 0.192. The van der Waals surface area contributed by atoms with E-state index in [2.05, 4.69) is 152 Å². The first-order valence-corrected chi connectivity index (χ1v) is 23.2. The summed E-state index contributed by atoms with van der Waals surface area (Å²) in [7, 11) is 0. The Morgan fingerprint density at radius 1 is 0.375 bits per heavy atom. The van der Waals surface area contributed by atoms with Crippen molar-refractivity contribution in [2.75, 3.05) is 0 Å². The third-order valence-electron chi connectivity index (χ3n) is 16.4. The topological polar surface area (TPSA) is 0 Å². The van der Waals surface area contributed by atoms with Gasteiger partial charge in [-0.25, -0.2) is 8.78 Å². The molecule has 0 nitrogen and oxygen atoms in total. The Kier molecular flexibility index (Phi) is 7.74. The molecule has 10 aromatic carbocycles. The first-order chi connectivity index (χ1) is 31.5. The molecule has 0 saturated heterocycles. The third-order valence-corrected chi connectivity index (χ3v) is 16.4. The predicted molar refractivity (Wildman–Crippen MR) is 261 cm³/mol. The maximum Gasteiger partial charge on any atom is 0.124 e. The molecule has 2 heteroatoms. The predicted octanol–water partition coefficient (Wildman–Crippen LogP) is 17.0. The van der Waals surface area contributed by atoms with Crippen LogP contribution in [0.5, 0.6) is 0 Å². The molecule has 0 radical (unpaired) electrons. The fourth-order valence-corrected chi connectivity index (χ4v) is 14.2. The van der Waals surface area contributed by atoms with E-state index in [1.807, 2.05) is 18.2 Å². The van der Waals surface area contributed by atoms with Gasteiger partial charge in [-0.05, 0) is 202 Å². The van der Waals surface area contributed by atoms with Crippen molar-refractivity contribution in [3.63, 3.8) is 0 Å². The maximum absolute atomic E-state index is 16.4. The van der Waals surface area contributed by atoms with Crippen LogP contribution in [-0.4, -0.2) is 0 Å². The van der Waals surface area contributed by atoms with Crippen LogP contribution in [0.3, 0.4) is 0 Å². The Labute approximate surface area is 371 Å². The van der Waals surface area contributed by atoms with E-state index in [1.165, 1.54) is 84.6 Å². The van der Waals surface area contributed by atoms with Gasteiger partial charge in [0.2, 0.25) is 0 Å². The van der Waals surface area contributed by atoms with E-state index in [1.54, 1.807) is 12.1 Å². The SMILES string of the molecule is Fc1ccc2c(c1)C1(c3cc(F)cc(-c4cccc(-c5ccc(-c6c7ccccc7c(-c7ccc8ccccc8c7)c7ccccc67)c6ccccc56)c4)c3-2)C2CCC3CC(C2)CC31. The smallest absolute Gasteiger partial charge is 0.124 e. The number of fused-ring (bicyclic) bond motifs is 8. The standard InChI is InChI=1S/C62H44F2/c63-44-24-25-54-57(34-44)62(43-23-22-41-28-36(29-43)30-56(41)62)58-35-45(64)33-55(61(54)58)40-13-9-12-39(32-40)46-26-27-53(48-15-4-3-14-47(46)48)60-51-18-7-5-16-49(51)59(50-17-6-8-19-52(50)60)42-21-20-37-10-1-2-11-38(37)31-42/h1-21,24-27,31-36,41,43,56H,22-23,28-30H2. The summed E-state index contributed by atoms with van der Waals surface area (Å²) in [6.45, 7) is 0. The summed E-state index contributed by atoms with van der Waals surface area (Å²) in [5, 5.41) is 9.74. The summed E-state index contributed by atoms with van der Waals surface area (Å²) < 4.78 is 31.8. The van der Waals surface area contributed by atoms with Crippen molar-refractivity contribution in [1.82, 2.24) is 0 Å². The van der Waals surface area contributed by atoms with Crippen molar-refractivity contribution in [3.8, 4) is 55.6 Å². The monoisotopic (exact) mass is 826 g/mol. The Bertz CT molecular complexity index is 3560. The van der Waals surface area contributed by atoms with Gasteiger partial charge in [0.05, 0.1) is 0 Å². The average molecular weight is 827 g/mol. The molecule has 0 amide bonds. The number of hydrogen-bond acceptors (Lipinski definition) is 0. The van der Waals surface area contributed by atoms with E-state index in [9.17, 15) is 0 Å².